The van der Waals surface area contributed by atoms with Gasteiger partial charge in [-0.15, -0.1) is 11.3 Å². The number of para-hydroxylation sites is 1. The molecule has 4 aromatic rings. The molecule has 0 saturated heterocycles. The molecule has 160 valence electrons. The van der Waals surface area contributed by atoms with E-state index in [1.54, 1.807) is 39.5 Å². The van der Waals surface area contributed by atoms with Crippen LogP contribution >= 0.6 is 11.3 Å². The van der Waals surface area contributed by atoms with Crippen LogP contribution in [0.3, 0.4) is 0 Å². The summed E-state index contributed by atoms with van der Waals surface area (Å²) in [7, 11) is 4.66. The number of methoxy groups -OCH3 is 3. The lowest BCUT2D eigenvalue weighted by Gasteiger charge is -2.14. The van der Waals surface area contributed by atoms with Crippen molar-refractivity contribution in [3.63, 3.8) is 0 Å². The number of aromatic amines is 1. The molecule has 0 unspecified atom stereocenters. The van der Waals surface area contributed by atoms with E-state index in [0.29, 0.717) is 22.1 Å². The lowest BCUT2D eigenvalue weighted by atomic mass is 10.0. The molecule has 0 aliphatic rings. The third kappa shape index (κ3) is 3.72. The summed E-state index contributed by atoms with van der Waals surface area (Å²) in [5.41, 5.74) is 3.17. The van der Waals surface area contributed by atoms with Crippen LogP contribution in [0, 0.1) is 11.3 Å². The second-order valence-corrected chi connectivity index (χ2v) is 7.80. The molecule has 4 rings (SSSR count). The van der Waals surface area contributed by atoms with Crippen LogP contribution in [0.2, 0.25) is 0 Å². The molecule has 32 heavy (non-hydrogen) atoms. The van der Waals surface area contributed by atoms with Crippen molar-refractivity contribution in [2.24, 2.45) is 0 Å². The quantitative estimate of drug-likeness (QED) is 0.224. The molecule has 2 heterocycles. The Labute approximate surface area is 189 Å². The predicted molar refractivity (Wildman–Crippen MR) is 126 cm³/mol. The number of H-pyrrole nitrogens is 1. The summed E-state index contributed by atoms with van der Waals surface area (Å²) in [5, 5.41) is 12.5. The number of allylic oxidation sites excluding steroid dienone is 1. The van der Waals surface area contributed by atoms with Gasteiger partial charge in [0.15, 0.2) is 11.5 Å². The van der Waals surface area contributed by atoms with E-state index >= 15 is 0 Å². The zero-order valence-electron chi connectivity index (χ0n) is 17.8. The van der Waals surface area contributed by atoms with E-state index in [4.69, 9.17) is 14.2 Å². The number of aromatic nitrogens is 1. The highest BCUT2D eigenvalue weighted by atomic mass is 32.1. The highest BCUT2D eigenvalue weighted by Crippen LogP contribution is 2.43. The first-order chi connectivity index (χ1) is 15.6. The van der Waals surface area contributed by atoms with Gasteiger partial charge in [-0.25, -0.2) is 0 Å². The molecule has 0 aliphatic heterocycles. The normalized spacial score (nSPS) is 11.2. The second-order valence-electron chi connectivity index (χ2n) is 6.85. The lowest BCUT2D eigenvalue weighted by molar-refractivity contribution is 0.104. The molecule has 0 radical (unpaired) electrons. The number of hydrogen-bond donors (Lipinski definition) is 1. The number of ether oxygens (including phenoxy) is 3. The van der Waals surface area contributed by atoms with Crippen molar-refractivity contribution in [1.82, 2.24) is 4.98 Å². The van der Waals surface area contributed by atoms with E-state index in [-0.39, 0.29) is 11.4 Å². The highest BCUT2D eigenvalue weighted by Gasteiger charge is 2.20. The van der Waals surface area contributed by atoms with Crippen LogP contribution in [0.4, 0.5) is 0 Å². The zero-order valence-corrected chi connectivity index (χ0v) is 18.6. The number of carbonyl (C=O) groups excluding carboxylic acids is 1. The standard InChI is InChI=1S/C25H20N2O4S/c1-29-20-12-15(13-21(30-2)25(20)31-3)23-18(17-7-4-5-8-19(17)27-23)11-16(14-26)24(28)22-9-6-10-32-22/h4-13,27H,1-3H3/b16-11+. The lowest BCUT2D eigenvalue weighted by Crippen LogP contribution is -1.99. The number of nitrogens with zero attached hydrogens (tertiary/aromatic N) is 1. The SMILES string of the molecule is COc1cc(-c2[nH]c3ccccc3c2/C=C(\C#N)C(=O)c2cccs2)cc(OC)c1OC. The fourth-order valence-electron chi connectivity index (χ4n) is 3.60. The third-order valence-corrected chi connectivity index (χ3v) is 5.97. The first-order valence-corrected chi connectivity index (χ1v) is 10.6. The maximum Gasteiger partial charge on any atom is 0.213 e. The number of nitriles is 1. The summed E-state index contributed by atoms with van der Waals surface area (Å²) in [5.74, 6) is 1.19. The van der Waals surface area contributed by atoms with Crippen LogP contribution in [0.25, 0.3) is 28.2 Å². The van der Waals surface area contributed by atoms with Gasteiger partial charge in [0.25, 0.3) is 0 Å². The minimum Gasteiger partial charge on any atom is -0.493 e. The maximum atomic E-state index is 12.9. The molecular formula is C25H20N2O4S. The van der Waals surface area contributed by atoms with Crippen LogP contribution in [0.1, 0.15) is 15.2 Å². The highest BCUT2D eigenvalue weighted by molar-refractivity contribution is 7.12. The monoisotopic (exact) mass is 444 g/mol. The Morgan fingerprint density at radius 2 is 1.75 bits per heavy atom. The van der Waals surface area contributed by atoms with E-state index in [1.165, 1.54) is 11.3 Å². The van der Waals surface area contributed by atoms with Crippen LogP contribution in [-0.4, -0.2) is 32.1 Å². The average molecular weight is 445 g/mol. The summed E-state index contributed by atoms with van der Waals surface area (Å²) >= 11 is 1.31. The summed E-state index contributed by atoms with van der Waals surface area (Å²) in [6.45, 7) is 0. The first-order valence-electron chi connectivity index (χ1n) is 9.72. The van der Waals surface area contributed by atoms with Crippen LogP contribution in [0.15, 0.2) is 59.5 Å². The number of carbonyl (C=O) groups is 1. The summed E-state index contributed by atoms with van der Waals surface area (Å²) in [6, 6.07) is 17.0. The Morgan fingerprint density at radius 3 is 2.34 bits per heavy atom. The molecule has 0 bridgehead atoms. The van der Waals surface area contributed by atoms with Crippen molar-refractivity contribution in [2.75, 3.05) is 21.3 Å². The van der Waals surface area contributed by atoms with Crippen molar-refractivity contribution in [3.05, 3.63) is 69.9 Å². The van der Waals surface area contributed by atoms with Gasteiger partial charge in [0, 0.05) is 22.0 Å². The predicted octanol–water partition coefficient (Wildman–Crippen LogP) is 5.71. The van der Waals surface area contributed by atoms with Gasteiger partial charge in [-0.05, 0) is 35.7 Å². The Kier molecular flexibility index (Phi) is 5.97. The smallest absolute Gasteiger partial charge is 0.213 e. The number of fused-ring (bicyclic) bond motifs is 1. The van der Waals surface area contributed by atoms with Gasteiger partial charge in [0.1, 0.15) is 11.6 Å². The van der Waals surface area contributed by atoms with Crippen LogP contribution < -0.4 is 14.2 Å². The minimum absolute atomic E-state index is 0.0610. The molecule has 0 spiro atoms. The number of benzene rings is 2. The van der Waals surface area contributed by atoms with Crippen LogP contribution in [-0.2, 0) is 0 Å². The van der Waals surface area contributed by atoms with Crippen molar-refractivity contribution in [2.45, 2.75) is 0 Å². The summed E-state index contributed by atoms with van der Waals surface area (Å²) in [6.07, 6.45) is 1.64. The van der Waals surface area contributed by atoms with Crippen molar-refractivity contribution in [3.8, 4) is 34.6 Å². The Bertz CT molecular complexity index is 1340. The number of hydrogen-bond acceptors (Lipinski definition) is 6. The average Bonchev–Trinajstić information content (AvgIpc) is 3.49. The van der Waals surface area contributed by atoms with E-state index in [0.717, 1.165) is 27.7 Å². The van der Waals surface area contributed by atoms with Crippen molar-refractivity contribution >= 4 is 34.1 Å². The first kappa shape index (κ1) is 21.2. The van der Waals surface area contributed by atoms with Crippen molar-refractivity contribution < 1.29 is 19.0 Å². The number of nitrogens with one attached hydrogen (secondary N) is 1. The van der Waals surface area contributed by atoms with E-state index in [1.807, 2.05) is 41.8 Å². The molecule has 6 nitrogen and oxygen atoms in total. The summed E-state index contributed by atoms with van der Waals surface area (Å²) in [4.78, 5) is 16.8. The molecule has 2 aromatic carbocycles. The fraction of sp³-hybridized carbons (Fsp3) is 0.120. The minimum atomic E-state index is -0.302. The van der Waals surface area contributed by atoms with Gasteiger partial charge in [0.2, 0.25) is 11.5 Å². The van der Waals surface area contributed by atoms with Gasteiger partial charge >= 0.3 is 0 Å². The van der Waals surface area contributed by atoms with E-state index < -0.39 is 0 Å². The zero-order chi connectivity index (χ0) is 22.7. The third-order valence-electron chi connectivity index (χ3n) is 5.10. The van der Waals surface area contributed by atoms with Gasteiger partial charge in [-0.2, -0.15) is 5.26 Å². The van der Waals surface area contributed by atoms with E-state index in [2.05, 4.69) is 11.1 Å². The number of Topliss-reactive ketones (excluding diaryl/α,β-unsaturated/α-hetero) is 1. The number of ketones is 1. The Morgan fingerprint density at radius 1 is 1.03 bits per heavy atom. The van der Waals surface area contributed by atoms with Gasteiger partial charge in [-0.1, -0.05) is 24.3 Å². The molecule has 0 fully saturated rings. The molecule has 7 heteroatoms. The van der Waals surface area contributed by atoms with Gasteiger partial charge < -0.3 is 19.2 Å². The van der Waals surface area contributed by atoms with Crippen molar-refractivity contribution in [1.29, 1.82) is 5.26 Å². The fourth-order valence-corrected chi connectivity index (χ4v) is 4.28. The van der Waals surface area contributed by atoms with Crippen LogP contribution in [0.5, 0.6) is 17.2 Å². The molecule has 0 atom stereocenters. The second kappa shape index (κ2) is 9.00. The van der Waals surface area contributed by atoms with Gasteiger partial charge in [-0.3, -0.25) is 4.79 Å². The molecule has 0 aliphatic carbocycles. The molecule has 2 aromatic heterocycles. The van der Waals surface area contributed by atoms with Gasteiger partial charge in [0.05, 0.1) is 31.9 Å². The molecule has 0 amide bonds. The molecule has 1 N–H and O–H groups in total. The van der Waals surface area contributed by atoms with E-state index in [9.17, 15) is 10.1 Å². The molecular weight excluding hydrogens is 424 g/mol. The largest absolute Gasteiger partial charge is 0.493 e. The topological polar surface area (TPSA) is 84.3 Å². The molecule has 0 saturated carbocycles. The number of thiophene rings is 1. The maximum absolute atomic E-state index is 12.9. The Balaban J connectivity index is 1.96. The Hall–Kier alpha value is -4.02. The summed E-state index contributed by atoms with van der Waals surface area (Å²) < 4.78 is 16.4. The number of rotatable bonds is 7.